The molecule has 0 spiro atoms. The highest BCUT2D eigenvalue weighted by Gasteiger charge is 2.06. The summed E-state index contributed by atoms with van der Waals surface area (Å²) in [5.41, 5.74) is 2.81. The summed E-state index contributed by atoms with van der Waals surface area (Å²) >= 11 is 0. The van der Waals surface area contributed by atoms with Crippen molar-refractivity contribution < 1.29 is 1.43 Å². The van der Waals surface area contributed by atoms with Crippen LogP contribution in [-0.2, 0) is 6.42 Å². The molecule has 0 saturated heterocycles. The lowest BCUT2D eigenvalue weighted by Crippen LogP contribution is -1.91. The van der Waals surface area contributed by atoms with Gasteiger partial charge in [-0.15, -0.1) is 0 Å². The van der Waals surface area contributed by atoms with E-state index < -0.39 is 0 Å². The molecule has 13 heavy (non-hydrogen) atoms. The van der Waals surface area contributed by atoms with Crippen molar-refractivity contribution in [3.8, 4) is 0 Å². The molecule has 0 aliphatic heterocycles. The van der Waals surface area contributed by atoms with E-state index in [9.17, 15) is 0 Å². The molecule has 0 heteroatoms. The fraction of sp³-hybridized carbons (Fsp3) is 0.0769. The number of hydrogen-bond donors (Lipinski definition) is 0. The molecule has 2 aromatic carbocycles. The van der Waals surface area contributed by atoms with E-state index in [1.165, 1.54) is 21.9 Å². The van der Waals surface area contributed by atoms with Gasteiger partial charge in [0.25, 0.3) is 0 Å². The number of rotatable bonds is 0. The molecule has 62 valence electrons. The fourth-order valence-corrected chi connectivity index (χ4v) is 2.07. The average Bonchev–Trinajstić information content (AvgIpc) is 2.19. The van der Waals surface area contributed by atoms with Crippen molar-refractivity contribution in [2.45, 2.75) is 6.42 Å². The van der Waals surface area contributed by atoms with Gasteiger partial charge in [0.2, 0.25) is 0 Å². The van der Waals surface area contributed by atoms with E-state index in [0.717, 1.165) is 6.42 Å². The maximum atomic E-state index is 2.23. The highest BCUT2D eigenvalue weighted by molar-refractivity contribution is 5.94. The Kier molecular flexibility index (Phi) is 1.31. The van der Waals surface area contributed by atoms with Crippen molar-refractivity contribution in [1.82, 2.24) is 0 Å². The summed E-state index contributed by atoms with van der Waals surface area (Å²) in [7, 11) is 0. The van der Waals surface area contributed by atoms with Crippen LogP contribution in [0.5, 0.6) is 0 Å². The van der Waals surface area contributed by atoms with Crippen molar-refractivity contribution in [3.05, 3.63) is 53.6 Å². The number of hydrogen-bond acceptors (Lipinski definition) is 0. The van der Waals surface area contributed by atoms with Crippen LogP contribution in [-0.4, -0.2) is 0 Å². The van der Waals surface area contributed by atoms with Crippen molar-refractivity contribution in [3.63, 3.8) is 0 Å². The van der Waals surface area contributed by atoms with Gasteiger partial charge in [-0.05, 0) is 28.3 Å². The first-order valence-electron chi connectivity index (χ1n) is 4.62. The molecule has 0 nitrogen and oxygen atoms in total. The van der Waals surface area contributed by atoms with Gasteiger partial charge in [-0.2, -0.15) is 0 Å². The molecular weight excluding hydrogens is 156 g/mol. The van der Waals surface area contributed by atoms with E-state index in [0.29, 0.717) is 0 Å². The molecule has 0 fully saturated rings. The van der Waals surface area contributed by atoms with Crippen molar-refractivity contribution in [2.24, 2.45) is 0 Å². The third kappa shape index (κ3) is 0.919. The second-order valence-electron chi connectivity index (χ2n) is 3.47. The van der Waals surface area contributed by atoms with Crippen LogP contribution in [0.2, 0.25) is 0 Å². The second kappa shape index (κ2) is 2.46. The quantitative estimate of drug-likeness (QED) is 0.563. The van der Waals surface area contributed by atoms with Crippen molar-refractivity contribution >= 4 is 16.8 Å². The Morgan fingerprint density at radius 3 is 2.77 bits per heavy atom. The van der Waals surface area contributed by atoms with Crippen LogP contribution in [0.3, 0.4) is 0 Å². The summed E-state index contributed by atoms with van der Waals surface area (Å²) in [6.45, 7) is 0. The molecule has 0 N–H and O–H groups in total. The molecule has 0 saturated carbocycles. The molecule has 0 amide bonds. The van der Waals surface area contributed by atoms with Crippen LogP contribution in [0.25, 0.3) is 16.8 Å². The van der Waals surface area contributed by atoms with E-state index in [1.807, 2.05) is 0 Å². The molecule has 2 aromatic rings. The Hall–Kier alpha value is -1.56. The molecule has 3 rings (SSSR count). The van der Waals surface area contributed by atoms with Gasteiger partial charge in [0.1, 0.15) is 0 Å². The largest absolute Gasteiger partial charge is 1.00 e. The standard InChI is InChI=1S/C13H10/c1-4-10-6-2-8-12-9-3-7-11(5-1)13(10)12/h1-8H,9H2/p+1. The molecule has 0 atom stereocenters. The van der Waals surface area contributed by atoms with E-state index in [4.69, 9.17) is 0 Å². The Labute approximate surface area is 79.0 Å². The van der Waals surface area contributed by atoms with E-state index in [-0.39, 0.29) is 1.43 Å². The number of allylic oxidation sites excluding steroid dienone is 1. The Morgan fingerprint density at radius 1 is 1.00 bits per heavy atom. The first kappa shape index (κ1) is 6.90. The zero-order valence-corrected chi connectivity index (χ0v) is 7.33. The van der Waals surface area contributed by atoms with Gasteiger partial charge in [0, 0.05) is 0 Å². The lowest BCUT2D eigenvalue weighted by molar-refractivity contribution is 1.29. The van der Waals surface area contributed by atoms with Crippen LogP contribution in [0.1, 0.15) is 12.6 Å². The Morgan fingerprint density at radius 2 is 1.85 bits per heavy atom. The van der Waals surface area contributed by atoms with E-state index >= 15 is 0 Å². The van der Waals surface area contributed by atoms with Crippen LogP contribution < -0.4 is 0 Å². The van der Waals surface area contributed by atoms with Gasteiger partial charge in [0.15, 0.2) is 0 Å². The molecule has 0 radical (unpaired) electrons. The van der Waals surface area contributed by atoms with Gasteiger partial charge >= 0.3 is 1.43 Å². The number of benzene rings is 2. The predicted molar refractivity (Wildman–Crippen MR) is 57.8 cm³/mol. The van der Waals surface area contributed by atoms with Crippen LogP contribution in [0, 0.1) is 0 Å². The van der Waals surface area contributed by atoms with Crippen LogP contribution >= 0.6 is 0 Å². The van der Waals surface area contributed by atoms with E-state index in [2.05, 4.69) is 48.6 Å². The van der Waals surface area contributed by atoms with Gasteiger partial charge in [0.05, 0.1) is 0 Å². The van der Waals surface area contributed by atoms with Crippen molar-refractivity contribution in [2.75, 3.05) is 0 Å². The fourth-order valence-electron chi connectivity index (χ4n) is 2.07. The average molecular weight is 167 g/mol. The zero-order chi connectivity index (χ0) is 8.67. The summed E-state index contributed by atoms with van der Waals surface area (Å²) in [5.74, 6) is 0. The molecule has 1 aliphatic rings. The smallest absolute Gasteiger partial charge is 0.0795 e. The minimum absolute atomic E-state index is 0. The first-order chi connectivity index (χ1) is 6.45. The highest BCUT2D eigenvalue weighted by Crippen LogP contribution is 2.27. The topological polar surface area (TPSA) is 0 Å². The normalized spacial score (nSPS) is 13.5. The SMILES string of the molecule is C1=Cc2cccc3cccc(c23)C1.[H+]. The Bertz CT molecular complexity index is 492. The van der Waals surface area contributed by atoms with Crippen LogP contribution in [0.4, 0.5) is 0 Å². The van der Waals surface area contributed by atoms with Gasteiger partial charge in [-0.3, -0.25) is 0 Å². The third-order valence-corrected chi connectivity index (χ3v) is 2.66. The van der Waals surface area contributed by atoms with Crippen LogP contribution in [0.15, 0.2) is 42.5 Å². The van der Waals surface area contributed by atoms with Gasteiger partial charge in [-0.25, -0.2) is 0 Å². The van der Waals surface area contributed by atoms with Crippen molar-refractivity contribution in [1.29, 1.82) is 0 Å². The molecular formula is C13H11+. The molecule has 0 heterocycles. The summed E-state index contributed by atoms with van der Waals surface area (Å²) in [6, 6.07) is 13.0. The predicted octanol–water partition coefficient (Wildman–Crippen LogP) is 3.52. The maximum absolute atomic E-state index is 2.23. The van der Waals surface area contributed by atoms with Gasteiger partial charge in [-0.1, -0.05) is 48.6 Å². The summed E-state index contributed by atoms with van der Waals surface area (Å²) < 4.78 is 0. The van der Waals surface area contributed by atoms with Gasteiger partial charge < -0.3 is 0 Å². The monoisotopic (exact) mass is 167 g/mol. The molecule has 1 aliphatic carbocycles. The molecule has 0 bridgehead atoms. The molecule has 0 aromatic heterocycles. The Balaban J connectivity index is 0.000000750. The first-order valence-corrected chi connectivity index (χ1v) is 4.62. The van der Waals surface area contributed by atoms with E-state index in [1.54, 1.807) is 0 Å². The highest BCUT2D eigenvalue weighted by atomic mass is 14.1. The molecule has 0 unspecified atom stereocenters. The summed E-state index contributed by atoms with van der Waals surface area (Å²) in [5, 5.41) is 2.80. The zero-order valence-electron chi connectivity index (χ0n) is 8.33. The minimum atomic E-state index is 0. The lowest BCUT2D eigenvalue weighted by Gasteiger charge is -2.11. The maximum Gasteiger partial charge on any atom is 1.00 e. The third-order valence-electron chi connectivity index (χ3n) is 2.66. The summed E-state index contributed by atoms with van der Waals surface area (Å²) in [4.78, 5) is 0. The summed E-state index contributed by atoms with van der Waals surface area (Å²) in [6.07, 6.45) is 5.53. The minimum Gasteiger partial charge on any atom is -0.0795 e. The lowest BCUT2D eigenvalue weighted by atomic mass is 9.93. The second-order valence-corrected chi connectivity index (χ2v) is 3.47.